The first kappa shape index (κ1) is 19.9. The van der Waals surface area contributed by atoms with Gasteiger partial charge in [0.15, 0.2) is 5.78 Å². The number of Topliss-reactive ketones (excluding diaryl/α,β-unsaturated/α-hetero) is 1. The van der Waals surface area contributed by atoms with Crippen molar-refractivity contribution in [3.8, 4) is 5.69 Å². The lowest BCUT2D eigenvalue weighted by atomic mass is 10.1. The Bertz CT molecular complexity index is 1100. The summed E-state index contributed by atoms with van der Waals surface area (Å²) in [6.07, 6.45) is 0. The monoisotopic (exact) mass is 397 g/mol. The second-order valence-electron chi connectivity index (χ2n) is 6.77. The molecule has 6 nitrogen and oxygen atoms in total. The average molecular weight is 398 g/mol. The fourth-order valence-electron chi connectivity index (χ4n) is 3.30. The number of hydrogen-bond acceptors (Lipinski definition) is 4. The van der Waals surface area contributed by atoms with Crippen molar-refractivity contribution in [2.24, 2.45) is 5.14 Å². The van der Waals surface area contributed by atoms with E-state index in [-0.39, 0.29) is 17.2 Å². The summed E-state index contributed by atoms with van der Waals surface area (Å²) < 4.78 is 24.8. The molecule has 0 radical (unpaired) electrons. The summed E-state index contributed by atoms with van der Waals surface area (Å²) in [4.78, 5) is 14.8. The zero-order chi connectivity index (χ0) is 20.5. The maximum Gasteiger partial charge on any atom is 0.238 e. The van der Waals surface area contributed by atoms with Crippen LogP contribution in [0.15, 0.2) is 65.6 Å². The zero-order valence-corrected chi connectivity index (χ0v) is 16.9. The van der Waals surface area contributed by atoms with Crippen molar-refractivity contribution < 1.29 is 13.2 Å². The Hall–Kier alpha value is -2.90. The van der Waals surface area contributed by atoms with Crippen LogP contribution in [0.1, 0.15) is 21.7 Å². The van der Waals surface area contributed by atoms with Gasteiger partial charge in [0.1, 0.15) is 0 Å². The molecule has 0 aliphatic rings. The predicted molar refractivity (Wildman–Crippen MR) is 111 cm³/mol. The molecule has 28 heavy (non-hydrogen) atoms. The minimum absolute atomic E-state index is 0.0202. The lowest BCUT2D eigenvalue weighted by Gasteiger charge is -2.18. The summed E-state index contributed by atoms with van der Waals surface area (Å²) in [5.41, 5.74) is 4.11. The van der Waals surface area contributed by atoms with Gasteiger partial charge in [-0.05, 0) is 56.3 Å². The molecule has 3 rings (SSSR count). The smallest absolute Gasteiger partial charge is 0.238 e. The van der Waals surface area contributed by atoms with Gasteiger partial charge < -0.3 is 9.47 Å². The van der Waals surface area contributed by atoms with Crippen LogP contribution in [0.2, 0.25) is 0 Å². The van der Waals surface area contributed by atoms with E-state index in [1.807, 2.05) is 66.8 Å². The van der Waals surface area contributed by atoms with Crippen molar-refractivity contribution >= 4 is 21.5 Å². The normalized spacial score (nSPS) is 11.4. The van der Waals surface area contributed by atoms with Crippen molar-refractivity contribution in [3.63, 3.8) is 0 Å². The number of likely N-dealkylation sites (N-methyl/N-ethyl adjacent to an activating group) is 1. The zero-order valence-electron chi connectivity index (χ0n) is 16.1. The first-order chi connectivity index (χ1) is 13.2. The van der Waals surface area contributed by atoms with Crippen LogP contribution in [0.4, 0.5) is 5.69 Å². The maximum atomic E-state index is 12.9. The number of benzene rings is 2. The van der Waals surface area contributed by atoms with Crippen LogP contribution >= 0.6 is 0 Å². The third-order valence-electron chi connectivity index (χ3n) is 4.73. The number of ketones is 1. The summed E-state index contributed by atoms with van der Waals surface area (Å²) in [7, 11) is -1.85. The third kappa shape index (κ3) is 4.00. The lowest BCUT2D eigenvalue weighted by molar-refractivity contribution is 0.1000. The Balaban J connectivity index is 1.88. The van der Waals surface area contributed by atoms with Crippen molar-refractivity contribution in [3.05, 3.63) is 77.6 Å². The molecule has 1 heterocycles. The SMILES string of the molecule is Cc1cc(C(=O)CN(C)c2ccccc2)c(C)n1-c1ccc(S(N)(=O)=O)cc1. The molecule has 1 aromatic heterocycles. The first-order valence-electron chi connectivity index (χ1n) is 8.80. The highest BCUT2D eigenvalue weighted by molar-refractivity contribution is 7.89. The van der Waals surface area contributed by atoms with E-state index < -0.39 is 10.0 Å². The minimum atomic E-state index is -3.74. The highest BCUT2D eigenvalue weighted by Gasteiger charge is 2.18. The number of aryl methyl sites for hydroxylation is 1. The number of carbonyl (C=O) groups excluding carboxylic acids is 1. The van der Waals surface area contributed by atoms with Gasteiger partial charge in [-0.25, -0.2) is 13.6 Å². The van der Waals surface area contributed by atoms with Crippen LogP contribution in [0.5, 0.6) is 0 Å². The third-order valence-corrected chi connectivity index (χ3v) is 5.66. The maximum absolute atomic E-state index is 12.9. The molecule has 2 aromatic carbocycles. The Morgan fingerprint density at radius 1 is 1.04 bits per heavy atom. The molecule has 0 bridgehead atoms. The van der Waals surface area contributed by atoms with Gasteiger partial charge in [-0.3, -0.25) is 4.79 Å². The lowest BCUT2D eigenvalue weighted by Crippen LogP contribution is -2.25. The van der Waals surface area contributed by atoms with E-state index in [0.717, 1.165) is 22.8 Å². The van der Waals surface area contributed by atoms with E-state index in [2.05, 4.69) is 0 Å². The summed E-state index contributed by atoms with van der Waals surface area (Å²) in [5.74, 6) is 0.0202. The number of hydrogen-bond donors (Lipinski definition) is 1. The average Bonchev–Trinajstić information content (AvgIpc) is 2.96. The number of aromatic nitrogens is 1. The Labute approximate surface area is 165 Å². The fraction of sp³-hybridized carbons (Fsp3) is 0.190. The van der Waals surface area contributed by atoms with Crippen molar-refractivity contribution in [1.82, 2.24) is 4.57 Å². The Morgan fingerprint density at radius 3 is 2.21 bits per heavy atom. The summed E-state index contributed by atoms with van der Waals surface area (Å²) in [6.45, 7) is 4.06. The Kier molecular flexibility index (Phi) is 5.40. The number of para-hydroxylation sites is 1. The number of rotatable bonds is 6. The van der Waals surface area contributed by atoms with Gasteiger partial charge in [0, 0.05) is 35.4 Å². The summed E-state index contributed by atoms with van der Waals surface area (Å²) in [5, 5.41) is 5.16. The van der Waals surface area contributed by atoms with Gasteiger partial charge in [-0.15, -0.1) is 0 Å². The molecule has 0 aliphatic heterocycles. The van der Waals surface area contributed by atoms with Crippen LogP contribution < -0.4 is 10.0 Å². The van der Waals surface area contributed by atoms with E-state index in [9.17, 15) is 13.2 Å². The molecule has 0 amide bonds. The van der Waals surface area contributed by atoms with Crippen LogP contribution in [-0.4, -0.2) is 32.4 Å². The molecular weight excluding hydrogens is 374 g/mol. The standard InChI is InChI=1S/C21H23N3O3S/c1-15-13-20(21(25)14-23(3)17-7-5-4-6-8-17)16(2)24(15)18-9-11-19(12-10-18)28(22,26)27/h4-13H,14H2,1-3H3,(H2,22,26,27). The summed E-state index contributed by atoms with van der Waals surface area (Å²) >= 11 is 0. The number of anilines is 1. The number of nitrogens with zero attached hydrogens (tertiary/aromatic N) is 2. The second kappa shape index (κ2) is 7.61. The Morgan fingerprint density at radius 2 is 1.64 bits per heavy atom. The topological polar surface area (TPSA) is 85.4 Å². The van der Waals surface area contributed by atoms with Gasteiger partial charge in [0.25, 0.3) is 0 Å². The molecule has 7 heteroatoms. The number of carbonyl (C=O) groups is 1. The molecular formula is C21H23N3O3S. The molecule has 0 atom stereocenters. The van der Waals surface area contributed by atoms with Crippen LogP contribution in [0, 0.1) is 13.8 Å². The highest BCUT2D eigenvalue weighted by Crippen LogP contribution is 2.23. The molecule has 0 spiro atoms. The number of nitrogens with two attached hydrogens (primary N) is 1. The van der Waals surface area contributed by atoms with Gasteiger partial charge in [0.05, 0.1) is 11.4 Å². The predicted octanol–water partition coefficient (Wildman–Crippen LogP) is 3.06. The molecule has 3 aromatic rings. The van der Waals surface area contributed by atoms with E-state index in [1.54, 1.807) is 12.1 Å². The van der Waals surface area contributed by atoms with Gasteiger partial charge in [-0.2, -0.15) is 0 Å². The molecule has 0 fully saturated rings. The van der Waals surface area contributed by atoms with Gasteiger partial charge in [-0.1, -0.05) is 18.2 Å². The van der Waals surface area contributed by atoms with E-state index in [4.69, 9.17) is 5.14 Å². The highest BCUT2D eigenvalue weighted by atomic mass is 32.2. The first-order valence-corrected chi connectivity index (χ1v) is 10.3. The van der Waals surface area contributed by atoms with Crippen molar-refractivity contribution in [2.75, 3.05) is 18.5 Å². The fourth-order valence-corrected chi connectivity index (χ4v) is 3.82. The van der Waals surface area contributed by atoms with Gasteiger partial charge in [0.2, 0.25) is 10.0 Å². The molecule has 0 saturated heterocycles. The van der Waals surface area contributed by atoms with E-state index in [1.165, 1.54) is 12.1 Å². The molecule has 0 unspecified atom stereocenters. The van der Waals surface area contributed by atoms with E-state index in [0.29, 0.717) is 5.56 Å². The van der Waals surface area contributed by atoms with Crippen LogP contribution in [-0.2, 0) is 10.0 Å². The second-order valence-corrected chi connectivity index (χ2v) is 8.34. The van der Waals surface area contributed by atoms with Crippen LogP contribution in [0.25, 0.3) is 5.69 Å². The van der Waals surface area contributed by atoms with Crippen molar-refractivity contribution in [2.45, 2.75) is 18.7 Å². The molecule has 0 saturated carbocycles. The van der Waals surface area contributed by atoms with E-state index >= 15 is 0 Å². The largest absolute Gasteiger partial charge is 0.367 e. The molecule has 146 valence electrons. The van der Waals surface area contributed by atoms with Crippen molar-refractivity contribution in [1.29, 1.82) is 0 Å². The van der Waals surface area contributed by atoms with Crippen LogP contribution in [0.3, 0.4) is 0 Å². The molecule has 0 aliphatic carbocycles. The summed E-state index contributed by atoms with van der Waals surface area (Å²) in [6, 6.07) is 17.9. The number of sulfonamides is 1. The minimum Gasteiger partial charge on any atom is -0.367 e. The molecule has 2 N–H and O–H groups in total. The van der Waals surface area contributed by atoms with Gasteiger partial charge >= 0.3 is 0 Å². The quantitative estimate of drug-likeness (QED) is 0.648. The number of primary sulfonamides is 1.